The second-order valence-electron chi connectivity index (χ2n) is 7.25. The van der Waals surface area contributed by atoms with E-state index >= 15 is 0 Å². The first-order valence-electron chi connectivity index (χ1n) is 8.73. The predicted octanol–water partition coefficient (Wildman–Crippen LogP) is 2.30. The molecule has 1 saturated heterocycles. The third-order valence-corrected chi connectivity index (χ3v) is 4.62. The third-order valence-electron chi connectivity index (χ3n) is 4.62. The number of fused-ring (bicyclic) bond motifs is 1. The predicted molar refractivity (Wildman–Crippen MR) is 93.9 cm³/mol. The summed E-state index contributed by atoms with van der Waals surface area (Å²) in [7, 11) is 1.67. The van der Waals surface area contributed by atoms with Crippen molar-refractivity contribution in [1.29, 1.82) is 0 Å². The zero-order chi connectivity index (χ0) is 18.9. The lowest BCUT2D eigenvalue weighted by Gasteiger charge is -2.35. The largest absolute Gasteiger partial charge is 0.477 e. The van der Waals surface area contributed by atoms with Gasteiger partial charge >= 0.3 is 5.97 Å². The monoisotopic (exact) mass is 363 g/mol. The van der Waals surface area contributed by atoms with Gasteiger partial charge < -0.3 is 19.3 Å². The minimum absolute atomic E-state index is 0.0142. The lowest BCUT2D eigenvalue weighted by atomic mass is 9.80. The van der Waals surface area contributed by atoms with Crippen LogP contribution in [0.4, 0.5) is 0 Å². The molecule has 0 amide bonds. The van der Waals surface area contributed by atoms with Crippen LogP contribution in [-0.2, 0) is 14.9 Å². The highest BCUT2D eigenvalue weighted by Crippen LogP contribution is 2.34. The minimum atomic E-state index is -1.08. The molecule has 26 heavy (non-hydrogen) atoms. The maximum absolute atomic E-state index is 11.5. The van der Waals surface area contributed by atoms with Gasteiger partial charge in [0.15, 0.2) is 0 Å². The Morgan fingerprint density at radius 2 is 2.23 bits per heavy atom. The second kappa shape index (κ2) is 7.20. The van der Waals surface area contributed by atoms with E-state index in [-0.39, 0.29) is 29.1 Å². The molecular weight excluding hydrogens is 338 g/mol. The Kier molecular flexibility index (Phi) is 5.15. The lowest BCUT2D eigenvalue weighted by molar-refractivity contribution is -0.0596. The highest BCUT2D eigenvalue weighted by Gasteiger charge is 2.36. The molecule has 2 atom stereocenters. The van der Waals surface area contributed by atoms with Crippen molar-refractivity contribution in [3.8, 4) is 5.88 Å². The van der Waals surface area contributed by atoms with Crippen molar-refractivity contribution in [2.75, 3.05) is 20.3 Å². The number of rotatable bonds is 6. The van der Waals surface area contributed by atoms with Crippen molar-refractivity contribution < 1.29 is 24.1 Å². The van der Waals surface area contributed by atoms with Crippen LogP contribution in [0.2, 0.25) is 0 Å². The van der Waals surface area contributed by atoms with E-state index in [1.54, 1.807) is 11.5 Å². The standard InChI is InChI=1S/C18H25N3O5/c1-11(2)26-15-13(16(22)23)7-21-8-14(19-17(21)20-15)18(3)6-5-12(9-24-4)25-10-18/h7-8,11-12H,5-6,9-10H2,1-4H3,(H,22,23)/t12?,18-/m0/s1. The summed E-state index contributed by atoms with van der Waals surface area (Å²) in [5.74, 6) is -0.580. The topological polar surface area (TPSA) is 95.2 Å². The second-order valence-corrected chi connectivity index (χ2v) is 7.25. The molecule has 0 bridgehead atoms. The molecule has 1 aliphatic rings. The Hall–Kier alpha value is -2.19. The zero-order valence-electron chi connectivity index (χ0n) is 15.6. The van der Waals surface area contributed by atoms with E-state index < -0.39 is 5.97 Å². The summed E-state index contributed by atoms with van der Waals surface area (Å²) in [5.41, 5.74) is 0.597. The molecule has 1 N–H and O–H groups in total. The molecular formula is C18H25N3O5. The zero-order valence-corrected chi connectivity index (χ0v) is 15.6. The average Bonchev–Trinajstić information content (AvgIpc) is 2.99. The number of carboxylic acid groups (broad SMARTS) is 1. The fourth-order valence-corrected chi connectivity index (χ4v) is 3.11. The van der Waals surface area contributed by atoms with Crippen LogP contribution < -0.4 is 4.74 Å². The number of imidazole rings is 1. The number of aromatic carboxylic acids is 1. The van der Waals surface area contributed by atoms with E-state index in [9.17, 15) is 9.90 Å². The normalized spacial score (nSPS) is 23.5. The van der Waals surface area contributed by atoms with Gasteiger partial charge in [-0.25, -0.2) is 9.78 Å². The summed E-state index contributed by atoms with van der Waals surface area (Å²) in [6.45, 7) is 6.87. The van der Waals surface area contributed by atoms with Gasteiger partial charge in [-0.05, 0) is 26.7 Å². The smallest absolute Gasteiger partial charge is 0.342 e. The van der Waals surface area contributed by atoms with Gasteiger partial charge in [-0.3, -0.25) is 4.40 Å². The summed E-state index contributed by atoms with van der Waals surface area (Å²) in [5, 5.41) is 9.44. The Labute approximate surface area is 152 Å². The van der Waals surface area contributed by atoms with Crippen LogP contribution >= 0.6 is 0 Å². The molecule has 1 unspecified atom stereocenters. The fourth-order valence-electron chi connectivity index (χ4n) is 3.11. The molecule has 0 radical (unpaired) electrons. The Bertz CT molecular complexity index is 793. The summed E-state index contributed by atoms with van der Waals surface area (Å²) < 4.78 is 18.3. The van der Waals surface area contributed by atoms with Crippen molar-refractivity contribution in [1.82, 2.24) is 14.4 Å². The van der Waals surface area contributed by atoms with Gasteiger partial charge in [-0.2, -0.15) is 4.98 Å². The molecule has 142 valence electrons. The van der Waals surface area contributed by atoms with Gasteiger partial charge in [0.1, 0.15) is 5.56 Å². The van der Waals surface area contributed by atoms with Crippen molar-refractivity contribution in [3.63, 3.8) is 0 Å². The van der Waals surface area contributed by atoms with E-state index in [1.165, 1.54) is 6.20 Å². The van der Waals surface area contributed by atoms with Crippen molar-refractivity contribution in [2.24, 2.45) is 0 Å². The van der Waals surface area contributed by atoms with Crippen LogP contribution in [0.25, 0.3) is 5.78 Å². The molecule has 8 heteroatoms. The highest BCUT2D eigenvalue weighted by molar-refractivity contribution is 5.90. The number of nitrogens with zero attached hydrogens (tertiary/aromatic N) is 3. The fraction of sp³-hybridized carbons (Fsp3) is 0.611. The van der Waals surface area contributed by atoms with Crippen LogP contribution in [0, 0.1) is 0 Å². The molecule has 0 aliphatic carbocycles. The summed E-state index contributed by atoms with van der Waals surface area (Å²) >= 11 is 0. The van der Waals surface area contributed by atoms with E-state index in [1.807, 2.05) is 20.0 Å². The van der Waals surface area contributed by atoms with Crippen LogP contribution in [0.5, 0.6) is 5.88 Å². The van der Waals surface area contributed by atoms with Crippen molar-refractivity contribution in [2.45, 2.75) is 51.2 Å². The number of aromatic nitrogens is 3. The number of hydrogen-bond acceptors (Lipinski definition) is 6. The van der Waals surface area contributed by atoms with Crippen LogP contribution in [0.1, 0.15) is 49.7 Å². The van der Waals surface area contributed by atoms with E-state index in [0.29, 0.717) is 19.0 Å². The van der Waals surface area contributed by atoms with Gasteiger partial charge in [0.05, 0.1) is 31.1 Å². The summed E-state index contributed by atoms with van der Waals surface area (Å²) in [6.07, 6.45) is 5.04. The first-order chi connectivity index (χ1) is 12.3. The Morgan fingerprint density at radius 3 is 2.81 bits per heavy atom. The van der Waals surface area contributed by atoms with Gasteiger partial charge in [0.25, 0.3) is 0 Å². The molecule has 0 saturated carbocycles. The maximum Gasteiger partial charge on any atom is 0.342 e. The first-order valence-corrected chi connectivity index (χ1v) is 8.73. The third kappa shape index (κ3) is 3.66. The molecule has 3 rings (SSSR count). The van der Waals surface area contributed by atoms with Crippen molar-refractivity contribution in [3.05, 3.63) is 23.7 Å². The van der Waals surface area contributed by atoms with Crippen LogP contribution in [0.15, 0.2) is 12.4 Å². The average molecular weight is 363 g/mol. The van der Waals surface area contributed by atoms with Gasteiger partial charge in [-0.15, -0.1) is 0 Å². The van der Waals surface area contributed by atoms with Gasteiger partial charge in [0.2, 0.25) is 11.7 Å². The van der Waals surface area contributed by atoms with E-state index in [4.69, 9.17) is 14.2 Å². The number of methoxy groups -OCH3 is 1. The van der Waals surface area contributed by atoms with Gasteiger partial charge in [0, 0.05) is 24.9 Å². The number of hydrogen-bond donors (Lipinski definition) is 1. The van der Waals surface area contributed by atoms with Gasteiger partial charge in [-0.1, -0.05) is 6.92 Å². The number of carboxylic acids is 1. The molecule has 2 aromatic rings. The van der Waals surface area contributed by atoms with E-state index in [2.05, 4.69) is 16.9 Å². The minimum Gasteiger partial charge on any atom is -0.477 e. The molecule has 1 fully saturated rings. The molecule has 3 heterocycles. The molecule has 0 spiro atoms. The molecule has 1 aliphatic heterocycles. The summed E-state index contributed by atoms with van der Waals surface area (Å²) in [4.78, 5) is 20.5. The SMILES string of the molecule is COCC1CC[C@](C)(c2cn3cc(C(=O)O)c(OC(C)C)nc3n2)CO1. The molecule has 2 aromatic heterocycles. The lowest BCUT2D eigenvalue weighted by Crippen LogP contribution is -2.39. The number of carbonyl (C=O) groups is 1. The summed E-state index contributed by atoms with van der Waals surface area (Å²) in [6, 6.07) is 0. The van der Waals surface area contributed by atoms with Crippen molar-refractivity contribution >= 4 is 11.7 Å². The van der Waals surface area contributed by atoms with Crippen LogP contribution in [0.3, 0.4) is 0 Å². The number of ether oxygens (including phenoxy) is 3. The van der Waals surface area contributed by atoms with E-state index in [0.717, 1.165) is 18.5 Å². The quantitative estimate of drug-likeness (QED) is 0.841. The highest BCUT2D eigenvalue weighted by atomic mass is 16.5. The first kappa shape index (κ1) is 18.6. The molecule has 0 aromatic carbocycles. The van der Waals surface area contributed by atoms with Crippen LogP contribution in [-0.4, -0.2) is 58.0 Å². The Balaban J connectivity index is 1.92. The molecule has 8 nitrogen and oxygen atoms in total. The Morgan fingerprint density at radius 1 is 1.46 bits per heavy atom. The maximum atomic E-state index is 11.5.